The number of thioether (sulfide) groups is 1. The van der Waals surface area contributed by atoms with Crippen LogP contribution in [0.1, 0.15) is 6.92 Å². The third-order valence-corrected chi connectivity index (χ3v) is 3.31. The van der Waals surface area contributed by atoms with Crippen LogP contribution < -0.4 is 0 Å². The third-order valence-electron chi connectivity index (χ3n) is 2.02. The molecule has 2 aliphatic rings. The first-order valence-electron chi connectivity index (χ1n) is 3.55. The number of fused-ring (bicyclic) bond motifs is 1. The molecule has 0 saturated carbocycles. The van der Waals surface area contributed by atoms with Crippen molar-refractivity contribution in [2.75, 3.05) is 0 Å². The highest BCUT2D eigenvalue weighted by Gasteiger charge is 2.23. The largest absolute Gasteiger partial charge is 0.126 e. The summed E-state index contributed by atoms with van der Waals surface area (Å²) in [6.45, 7) is 2.21. The Hall–Kier alpha value is -0.430. The summed E-state index contributed by atoms with van der Waals surface area (Å²) in [5.41, 5.74) is 1.50. The lowest BCUT2D eigenvalue weighted by Crippen LogP contribution is -2.12. The molecule has 0 N–H and O–H groups in total. The van der Waals surface area contributed by atoms with Gasteiger partial charge in [-0.2, -0.15) is 0 Å². The van der Waals surface area contributed by atoms with Crippen LogP contribution in [0.3, 0.4) is 0 Å². The minimum Gasteiger partial charge on any atom is -0.126 e. The number of hydrogen-bond acceptors (Lipinski definition) is 1. The Morgan fingerprint density at radius 3 is 3.10 bits per heavy atom. The zero-order valence-corrected chi connectivity index (χ0v) is 6.77. The van der Waals surface area contributed by atoms with Crippen LogP contribution in [-0.2, 0) is 0 Å². The Morgan fingerprint density at radius 2 is 2.30 bits per heavy atom. The van der Waals surface area contributed by atoms with E-state index in [1.807, 2.05) is 11.8 Å². The molecule has 0 amide bonds. The molecule has 0 nitrogen and oxygen atoms in total. The van der Waals surface area contributed by atoms with E-state index in [-0.39, 0.29) is 0 Å². The molecule has 0 aromatic carbocycles. The molecule has 0 aromatic rings. The van der Waals surface area contributed by atoms with E-state index in [2.05, 4.69) is 36.6 Å². The van der Waals surface area contributed by atoms with E-state index in [0.717, 1.165) is 0 Å². The Balaban J connectivity index is 2.29. The maximum absolute atomic E-state index is 2.28. The fourth-order valence-corrected chi connectivity index (χ4v) is 2.52. The lowest BCUT2D eigenvalue weighted by Gasteiger charge is -2.18. The van der Waals surface area contributed by atoms with Gasteiger partial charge in [-0.05, 0) is 12.3 Å². The normalized spacial score (nSPS) is 35.9. The second-order valence-corrected chi connectivity index (χ2v) is 3.81. The molecule has 2 unspecified atom stereocenters. The molecule has 0 fully saturated rings. The van der Waals surface area contributed by atoms with Crippen molar-refractivity contribution in [1.29, 1.82) is 0 Å². The lowest BCUT2D eigenvalue weighted by molar-refractivity contribution is 0.816. The molecule has 52 valence electrons. The third kappa shape index (κ3) is 0.853. The van der Waals surface area contributed by atoms with Gasteiger partial charge in [0.25, 0.3) is 0 Å². The zero-order chi connectivity index (χ0) is 6.97. The predicted molar refractivity (Wildman–Crippen MR) is 46.9 cm³/mol. The van der Waals surface area contributed by atoms with Gasteiger partial charge < -0.3 is 0 Å². The van der Waals surface area contributed by atoms with E-state index < -0.39 is 0 Å². The minimum atomic E-state index is 0.676. The summed E-state index contributed by atoms with van der Waals surface area (Å²) in [7, 11) is 0. The Labute approximate surface area is 65.7 Å². The van der Waals surface area contributed by atoms with Crippen molar-refractivity contribution in [2.24, 2.45) is 5.92 Å². The molecule has 1 heteroatoms. The van der Waals surface area contributed by atoms with Crippen LogP contribution in [0.4, 0.5) is 0 Å². The fraction of sp³-hybridized carbons (Fsp3) is 0.333. The second-order valence-electron chi connectivity index (χ2n) is 2.76. The average Bonchev–Trinajstić information content (AvgIpc) is 2.36. The van der Waals surface area contributed by atoms with Crippen LogP contribution in [0.2, 0.25) is 0 Å². The molecule has 2 atom stereocenters. The lowest BCUT2D eigenvalue weighted by atomic mass is 9.95. The van der Waals surface area contributed by atoms with Crippen LogP contribution in [0.15, 0.2) is 35.3 Å². The first-order chi connectivity index (χ1) is 4.88. The molecular weight excluding hydrogens is 140 g/mol. The van der Waals surface area contributed by atoms with Crippen molar-refractivity contribution < 1.29 is 0 Å². The summed E-state index contributed by atoms with van der Waals surface area (Å²) < 4.78 is 0. The molecule has 0 spiro atoms. The summed E-state index contributed by atoms with van der Waals surface area (Å²) in [6, 6.07) is 0. The molecule has 0 radical (unpaired) electrons. The minimum absolute atomic E-state index is 0.676. The molecule has 1 aliphatic heterocycles. The smallest absolute Gasteiger partial charge is 0.0395 e. The van der Waals surface area contributed by atoms with Crippen molar-refractivity contribution >= 4 is 11.8 Å². The second kappa shape index (κ2) is 2.31. The van der Waals surface area contributed by atoms with Crippen LogP contribution in [0.25, 0.3) is 0 Å². The SMILES string of the molecule is CC1=CC=CC2C=CSC12. The van der Waals surface area contributed by atoms with Gasteiger partial charge in [-0.3, -0.25) is 0 Å². The van der Waals surface area contributed by atoms with E-state index in [0.29, 0.717) is 11.2 Å². The van der Waals surface area contributed by atoms with Gasteiger partial charge in [-0.1, -0.05) is 29.9 Å². The monoisotopic (exact) mass is 150 g/mol. The van der Waals surface area contributed by atoms with Crippen molar-refractivity contribution in [1.82, 2.24) is 0 Å². The highest BCUT2D eigenvalue weighted by Crippen LogP contribution is 2.37. The fourth-order valence-electron chi connectivity index (χ4n) is 1.42. The Kier molecular flexibility index (Phi) is 1.46. The van der Waals surface area contributed by atoms with Crippen molar-refractivity contribution in [3.8, 4) is 0 Å². The van der Waals surface area contributed by atoms with Crippen molar-refractivity contribution in [3.63, 3.8) is 0 Å². The number of allylic oxidation sites excluding steroid dienone is 4. The summed E-state index contributed by atoms with van der Waals surface area (Å²) >= 11 is 1.93. The number of hydrogen-bond donors (Lipinski definition) is 0. The Morgan fingerprint density at radius 1 is 1.40 bits per heavy atom. The molecule has 1 heterocycles. The van der Waals surface area contributed by atoms with Gasteiger partial charge in [-0.15, -0.1) is 11.8 Å². The van der Waals surface area contributed by atoms with Gasteiger partial charge >= 0.3 is 0 Å². The van der Waals surface area contributed by atoms with Gasteiger partial charge in [0.1, 0.15) is 0 Å². The summed E-state index contributed by atoms with van der Waals surface area (Å²) in [5.74, 6) is 0.676. The molecule has 1 aliphatic carbocycles. The summed E-state index contributed by atoms with van der Waals surface area (Å²) in [4.78, 5) is 0. The standard InChI is InChI=1S/C9H10S/c1-7-3-2-4-8-5-6-10-9(7)8/h2-6,8-9H,1H3. The van der Waals surface area contributed by atoms with Crippen LogP contribution in [0.5, 0.6) is 0 Å². The van der Waals surface area contributed by atoms with Crippen LogP contribution in [-0.4, -0.2) is 5.25 Å². The van der Waals surface area contributed by atoms with Gasteiger partial charge in [0.2, 0.25) is 0 Å². The maximum Gasteiger partial charge on any atom is 0.0395 e. The molecule has 10 heavy (non-hydrogen) atoms. The molecule has 0 bridgehead atoms. The van der Waals surface area contributed by atoms with E-state index in [4.69, 9.17) is 0 Å². The average molecular weight is 150 g/mol. The Bertz CT molecular complexity index is 223. The quantitative estimate of drug-likeness (QED) is 0.511. The summed E-state index contributed by atoms with van der Waals surface area (Å²) in [6.07, 6.45) is 8.92. The zero-order valence-electron chi connectivity index (χ0n) is 5.95. The molecule has 0 aromatic heterocycles. The van der Waals surface area contributed by atoms with E-state index in [1.165, 1.54) is 5.57 Å². The topological polar surface area (TPSA) is 0 Å². The molecular formula is C9H10S. The van der Waals surface area contributed by atoms with E-state index >= 15 is 0 Å². The van der Waals surface area contributed by atoms with E-state index in [1.54, 1.807) is 0 Å². The maximum atomic E-state index is 2.28. The highest BCUT2D eigenvalue weighted by atomic mass is 32.2. The van der Waals surface area contributed by atoms with Gasteiger partial charge in [0.05, 0.1) is 0 Å². The van der Waals surface area contributed by atoms with Crippen molar-refractivity contribution in [3.05, 3.63) is 35.3 Å². The van der Waals surface area contributed by atoms with Gasteiger partial charge in [-0.25, -0.2) is 0 Å². The van der Waals surface area contributed by atoms with Gasteiger partial charge in [0.15, 0.2) is 0 Å². The van der Waals surface area contributed by atoms with Crippen LogP contribution in [0, 0.1) is 5.92 Å². The molecule has 2 rings (SSSR count). The van der Waals surface area contributed by atoms with Crippen LogP contribution >= 0.6 is 11.8 Å². The summed E-state index contributed by atoms with van der Waals surface area (Å²) in [5, 5.41) is 2.92. The number of rotatable bonds is 0. The van der Waals surface area contributed by atoms with Gasteiger partial charge in [0, 0.05) is 11.2 Å². The first-order valence-corrected chi connectivity index (χ1v) is 4.49. The van der Waals surface area contributed by atoms with Crippen molar-refractivity contribution in [2.45, 2.75) is 12.2 Å². The first kappa shape index (κ1) is 6.29. The van der Waals surface area contributed by atoms with E-state index in [9.17, 15) is 0 Å². The molecule has 0 saturated heterocycles. The highest BCUT2D eigenvalue weighted by molar-refractivity contribution is 8.03. The predicted octanol–water partition coefficient (Wildman–Crippen LogP) is 2.75.